The lowest BCUT2D eigenvalue weighted by molar-refractivity contribution is -0.120. The maximum Gasteiger partial charge on any atom is 0.282 e. The molecular formula is C11H23N3O4S. The van der Waals surface area contributed by atoms with Gasteiger partial charge in [-0.2, -0.15) is 17.0 Å². The van der Waals surface area contributed by atoms with Gasteiger partial charge >= 0.3 is 0 Å². The maximum atomic E-state index is 12.5. The molecule has 7 nitrogen and oxygen atoms in total. The van der Waals surface area contributed by atoms with Gasteiger partial charge in [0, 0.05) is 26.7 Å². The third-order valence-corrected chi connectivity index (χ3v) is 4.98. The highest BCUT2D eigenvalue weighted by atomic mass is 32.2. The largest absolute Gasteiger partial charge is 0.373 e. The molecule has 8 heteroatoms. The Kier molecular flexibility index (Phi) is 5.72. The molecule has 1 aliphatic heterocycles. The van der Waals surface area contributed by atoms with Crippen LogP contribution in [-0.4, -0.2) is 68.4 Å². The lowest BCUT2D eigenvalue weighted by Crippen LogP contribution is -2.54. The number of hydrogen-bond donors (Lipinski definition) is 1. The van der Waals surface area contributed by atoms with Crippen LogP contribution >= 0.6 is 0 Å². The van der Waals surface area contributed by atoms with Gasteiger partial charge in [-0.15, -0.1) is 0 Å². The summed E-state index contributed by atoms with van der Waals surface area (Å²) in [6, 6.07) is 0. The second kappa shape index (κ2) is 6.65. The van der Waals surface area contributed by atoms with Crippen molar-refractivity contribution in [2.24, 2.45) is 0 Å². The quantitative estimate of drug-likeness (QED) is 0.735. The standard InChI is InChI=1S/C11H23N3O4S/c1-5-13(8-11(15)12-4)19(16,17)14-6-9(2)18-10(3)7-14/h9-10H,5-8H2,1-4H3,(H,12,15). The van der Waals surface area contributed by atoms with E-state index in [-0.39, 0.29) is 31.2 Å². The summed E-state index contributed by atoms with van der Waals surface area (Å²) < 4.78 is 33.0. The molecule has 19 heavy (non-hydrogen) atoms. The van der Waals surface area contributed by atoms with E-state index in [2.05, 4.69) is 5.32 Å². The van der Waals surface area contributed by atoms with Gasteiger partial charge in [-0.1, -0.05) is 6.92 Å². The van der Waals surface area contributed by atoms with Crippen molar-refractivity contribution in [2.45, 2.75) is 33.0 Å². The van der Waals surface area contributed by atoms with Gasteiger partial charge in [0.1, 0.15) is 0 Å². The van der Waals surface area contributed by atoms with Crippen LogP contribution in [0.4, 0.5) is 0 Å². The summed E-state index contributed by atoms with van der Waals surface area (Å²) in [7, 11) is -2.13. The number of carbonyl (C=O) groups is 1. The van der Waals surface area contributed by atoms with Gasteiger partial charge in [-0.05, 0) is 13.8 Å². The van der Waals surface area contributed by atoms with Crippen molar-refractivity contribution < 1.29 is 17.9 Å². The first-order chi connectivity index (χ1) is 8.81. The molecule has 2 atom stereocenters. The van der Waals surface area contributed by atoms with Crippen LogP contribution in [0.3, 0.4) is 0 Å². The van der Waals surface area contributed by atoms with E-state index in [4.69, 9.17) is 4.74 Å². The summed E-state index contributed by atoms with van der Waals surface area (Å²) in [5.41, 5.74) is 0. The Morgan fingerprint density at radius 1 is 1.37 bits per heavy atom. The number of amides is 1. The fraction of sp³-hybridized carbons (Fsp3) is 0.909. The first kappa shape index (κ1) is 16.4. The minimum atomic E-state index is -3.62. The molecule has 1 heterocycles. The monoisotopic (exact) mass is 293 g/mol. The molecule has 0 bridgehead atoms. The molecule has 0 aromatic carbocycles. The lowest BCUT2D eigenvalue weighted by Gasteiger charge is -2.36. The number of likely N-dealkylation sites (N-methyl/N-ethyl adjacent to an activating group) is 2. The molecule has 1 aliphatic rings. The Balaban J connectivity index is 2.84. The van der Waals surface area contributed by atoms with Crippen LogP contribution in [0.1, 0.15) is 20.8 Å². The van der Waals surface area contributed by atoms with E-state index in [9.17, 15) is 13.2 Å². The Bertz CT molecular complexity index is 402. The molecule has 2 unspecified atom stereocenters. The number of nitrogens with zero attached hydrogens (tertiary/aromatic N) is 2. The van der Waals surface area contributed by atoms with E-state index in [0.717, 1.165) is 0 Å². The molecule has 0 aliphatic carbocycles. The van der Waals surface area contributed by atoms with Crippen LogP contribution in [0.5, 0.6) is 0 Å². The Morgan fingerprint density at radius 3 is 2.32 bits per heavy atom. The van der Waals surface area contributed by atoms with Crippen molar-refractivity contribution in [3.63, 3.8) is 0 Å². The predicted molar refractivity (Wildman–Crippen MR) is 71.8 cm³/mol. The highest BCUT2D eigenvalue weighted by molar-refractivity contribution is 7.86. The van der Waals surface area contributed by atoms with Crippen LogP contribution in [0.15, 0.2) is 0 Å². The predicted octanol–water partition coefficient (Wildman–Crippen LogP) is -0.592. The van der Waals surface area contributed by atoms with Gasteiger partial charge in [0.15, 0.2) is 0 Å². The van der Waals surface area contributed by atoms with Crippen molar-refractivity contribution >= 4 is 16.1 Å². The van der Waals surface area contributed by atoms with Crippen LogP contribution in [0, 0.1) is 0 Å². The summed E-state index contributed by atoms with van der Waals surface area (Å²) in [5.74, 6) is -0.320. The number of ether oxygens (including phenoxy) is 1. The highest BCUT2D eigenvalue weighted by Crippen LogP contribution is 2.17. The molecular weight excluding hydrogens is 270 g/mol. The second-order valence-electron chi connectivity index (χ2n) is 4.68. The minimum absolute atomic E-state index is 0.141. The molecule has 1 rings (SSSR count). The summed E-state index contributed by atoms with van der Waals surface area (Å²) in [5, 5.41) is 2.43. The van der Waals surface area contributed by atoms with Crippen LogP contribution in [-0.2, 0) is 19.7 Å². The average Bonchev–Trinajstić information content (AvgIpc) is 2.34. The van der Waals surface area contributed by atoms with Crippen molar-refractivity contribution in [3.05, 3.63) is 0 Å². The molecule has 0 radical (unpaired) electrons. The van der Waals surface area contributed by atoms with E-state index >= 15 is 0 Å². The van der Waals surface area contributed by atoms with E-state index in [0.29, 0.717) is 13.1 Å². The van der Waals surface area contributed by atoms with Crippen molar-refractivity contribution in [3.8, 4) is 0 Å². The van der Waals surface area contributed by atoms with E-state index in [1.807, 2.05) is 13.8 Å². The Hall–Kier alpha value is -0.700. The van der Waals surface area contributed by atoms with Crippen molar-refractivity contribution in [2.75, 3.05) is 33.2 Å². The fourth-order valence-electron chi connectivity index (χ4n) is 2.08. The van der Waals surface area contributed by atoms with E-state index in [1.54, 1.807) is 6.92 Å². The molecule has 0 spiro atoms. The zero-order valence-corrected chi connectivity index (χ0v) is 12.7. The lowest BCUT2D eigenvalue weighted by atomic mass is 10.3. The molecule has 1 fully saturated rings. The van der Waals surface area contributed by atoms with Gasteiger partial charge < -0.3 is 10.1 Å². The van der Waals surface area contributed by atoms with Crippen molar-refractivity contribution in [1.29, 1.82) is 0 Å². The van der Waals surface area contributed by atoms with Gasteiger partial charge in [0.25, 0.3) is 10.2 Å². The minimum Gasteiger partial charge on any atom is -0.373 e. The Labute approximate surface area is 115 Å². The van der Waals surface area contributed by atoms with Gasteiger partial charge in [0.05, 0.1) is 18.8 Å². The smallest absolute Gasteiger partial charge is 0.282 e. The normalized spacial score (nSPS) is 25.5. The van der Waals surface area contributed by atoms with Crippen LogP contribution in [0.25, 0.3) is 0 Å². The van der Waals surface area contributed by atoms with Gasteiger partial charge in [0.2, 0.25) is 5.91 Å². The third-order valence-electron chi connectivity index (χ3n) is 2.99. The average molecular weight is 293 g/mol. The third kappa shape index (κ3) is 4.13. The number of carbonyl (C=O) groups excluding carboxylic acids is 1. The highest BCUT2D eigenvalue weighted by Gasteiger charge is 2.35. The second-order valence-corrected chi connectivity index (χ2v) is 6.61. The van der Waals surface area contributed by atoms with Gasteiger partial charge in [-0.3, -0.25) is 4.79 Å². The molecule has 0 saturated carbocycles. The number of hydrogen-bond acceptors (Lipinski definition) is 4. The zero-order chi connectivity index (χ0) is 14.6. The molecule has 0 aromatic heterocycles. The summed E-state index contributed by atoms with van der Waals surface area (Å²) in [6.45, 7) is 6.13. The van der Waals surface area contributed by atoms with E-state index < -0.39 is 10.2 Å². The van der Waals surface area contributed by atoms with Crippen LogP contribution < -0.4 is 5.32 Å². The summed E-state index contributed by atoms with van der Waals surface area (Å²) >= 11 is 0. The SMILES string of the molecule is CCN(CC(=O)NC)S(=O)(=O)N1CC(C)OC(C)C1. The molecule has 0 aromatic rings. The summed E-state index contributed by atoms with van der Waals surface area (Å²) in [6.07, 6.45) is -0.283. The van der Waals surface area contributed by atoms with Gasteiger partial charge in [-0.25, -0.2) is 0 Å². The van der Waals surface area contributed by atoms with Crippen molar-refractivity contribution in [1.82, 2.24) is 13.9 Å². The molecule has 1 amide bonds. The maximum absolute atomic E-state index is 12.5. The summed E-state index contributed by atoms with van der Waals surface area (Å²) in [4.78, 5) is 11.4. The molecule has 1 N–H and O–H groups in total. The van der Waals surface area contributed by atoms with E-state index in [1.165, 1.54) is 15.7 Å². The molecule has 1 saturated heterocycles. The zero-order valence-electron chi connectivity index (χ0n) is 11.9. The first-order valence-electron chi connectivity index (χ1n) is 6.42. The fourth-order valence-corrected chi connectivity index (χ4v) is 3.81. The Morgan fingerprint density at radius 2 is 1.89 bits per heavy atom. The number of nitrogens with one attached hydrogen (secondary N) is 1. The number of morpholine rings is 1. The van der Waals surface area contributed by atoms with Crippen LogP contribution in [0.2, 0.25) is 0 Å². The number of rotatable bonds is 5. The first-order valence-corrected chi connectivity index (χ1v) is 7.82. The molecule has 112 valence electrons. The topological polar surface area (TPSA) is 79.0 Å².